The van der Waals surface area contributed by atoms with Crippen LogP contribution in [-0.2, 0) is 0 Å². The summed E-state index contributed by atoms with van der Waals surface area (Å²) in [4.78, 5) is 1.57. The van der Waals surface area contributed by atoms with Crippen LogP contribution in [0.5, 0.6) is 0 Å². The largest absolute Gasteiger partial charge is 1.00 e. The average Bonchev–Trinajstić information content (AvgIpc) is 2.15. The number of halogens is 3. The van der Waals surface area contributed by atoms with Crippen molar-refractivity contribution in [3.63, 3.8) is 0 Å². The topological polar surface area (TPSA) is 3.24 Å². The zero-order valence-electron chi connectivity index (χ0n) is 9.52. The maximum absolute atomic E-state index is 12.2. The van der Waals surface area contributed by atoms with Crippen molar-refractivity contribution in [3.05, 3.63) is 0 Å². The minimum Gasteiger partial charge on any atom is -0.448 e. The van der Waals surface area contributed by atoms with Crippen molar-refractivity contribution in [2.75, 3.05) is 19.5 Å². The van der Waals surface area contributed by atoms with Gasteiger partial charge in [-0.3, -0.25) is 0 Å². The Morgan fingerprint density at radius 3 is 1.60 bits per heavy atom. The summed E-state index contributed by atoms with van der Waals surface area (Å²) in [6.07, 6.45) is 5.72. The molecular formula is C9H18BF3KN. The van der Waals surface area contributed by atoms with Crippen molar-refractivity contribution in [3.8, 4) is 0 Å². The Morgan fingerprint density at radius 1 is 0.800 bits per heavy atom. The summed E-state index contributed by atoms with van der Waals surface area (Å²) < 4.78 is 36.6. The van der Waals surface area contributed by atoms with E-state index in [-0.39, 0.29) is 51.4 Å². The predicted molar refractivity (Wildman–Crippen MR) is 53.2 cm³/mol. The third kappa shape index (κ3) is 9.18. The van der Waals surface area contributed by atoms with Gasteiger partial charge in [-0.15, -0.1) is 0 Å². The molecule has 0 aliphatic carbocycles. The minimum atomic E-state index is -4.64. The van der Waals surface area contributed by atoms with E-state index < -0.39 is 13.4 Å². The summed E-state index contributed by atoms with van der Waals surface area (Å²) in [5, 5.41) is 0. The molecular weight excluding hydrogens is 229 g/mol. The molecule has 6 heteroatoms. The molecule has 0 aromatic heterocycles. The predicted octanol–water partition coefficient (Wildman–Crippen LogP) is 0.0332. The number of nitrogens with zero attached hydrogens (tertiary/aromatic N) is 1. The van der Waals surface area contributed by atoms with E-state index >= 15 is 0 Å². The van der Waals surface area contributed by atoms with Crippen molar-refractivity contribution < 1.29 is 64.3 Å². The van der Waals surface area contributed by atoms with Crippen molar-refractivity contribution >= 4 is 6.98 Å². The van der Waals surface area contributed by atoms with Crippen molar-refractivity contribution in [2.45, 2.75) is 38.5 Å². The second-order valence-corrected chi connectivity index (χ2v) is 4.13. The Kier molecular flexibility index (Phi) is 9.35. The average molecular weight is 247 g/mol. The molecule has 0 atom stereocenters. The molecule has 1 aliphatic heterocycles. The minimum absolute atomic E-state index is 0. The fraction of sp³-hybridized carbons (Fsp3) is 1.00. The van der Waals surface area contributed by atoms with Crippen LogP contribution in [0.15, 0.2) is 0 Å². The summed E-state index contributed by atoms with van der Waals surface area (Å²) >= 11 is 0. The van der Waals surface area contributed by atoms with Gasteiger partial charge in [-0.25, -0.2) is 0 Å². The summed E-state index contributed by atoms with van der Waals surface area (Å²) in [6, 6.07) is 0. The zero-order valence-corrected chi connectivity index (χ0v) is 12.6. The molecule has 1 rings (SSSR count). The van der Waals surface area contributed by atoms with Gasteiger partial charge in [0.05, 0.1) is 0 Å². The molecule has 1 nitrogen and oxygen atoms in total. The summed E-state index contributed by atoms with van der Waals surface area (Å²) in [7, 11) is 0. The summed E-state index contributed by atoms with van der Waals surface area (Å²) in [5.74, 6) is 0. The van der Waals surface area contributed by atoms with E-state index in [1.54, 1.807) is 4.90 Å². The molecule has 0 N–H and O–H groups in total. The van der Waals surface area contributed by atoms with Gasteiger partial charge in [0.25, 0.3) is 0 Å². The van der Waals surface area contributed by atoms with E-state index in [9.17, 15) is 12.9 Å². The molecule has 0 bridgehead atoms. The van der Waals surface area contributed by atoms with E-state index in [4.69, 9.17) is 0 Å². The van der Waals surface area contributed by atoms with Crippen LogP contribution in [0.3, 0.4) is 0 Å². The Hall–Kier alpha value is 1.45. The van der Waals surface area contributed by atoms with E-state index in [0.29, 0.717) is 13.1 Å². The quantitative estimate of drug-likeness (QED) is 0.622. The zero-order chi connectivity index (χ0) is 10.4. The number of hydrogen-bond acceptors (Lipinski definition) is 1. The van der Waals surface area contributed by atoms with Gasteiger partial charge in [0.2, 0.25) is 0 Å². The van der Waals surface area contributed by atoms with Crippen molar-refractivity contribution in [1.29, 1.82) is 0 Å². The Bertz CT molecular complexity index is 156. The number of rotatable bonds is 2. The molecule has 0 spiro atoms. The SMILES string of the molecule is F[B-](F)(F)CN1CCCCCCCC1.[K+]. The van der Waals surface area contributed by atoms with Crippen molar-refractivity contribution in [2.24, 2.45) is 0 Å². The number of hydrogen-bond donors (Lipinski definition) is 0. The third-order valence-corrected chi connectivity index (χ3v) is 2.66. The van der Waals surface area contributed by atoms with Crippen LogP contribution in [0, 0.1) is 0 Å². The van der Waals surface area contributed by atoms with E-state index in [2.05, 4.69) is 0 Å². The van der Waals surface area contributed by atoms with E-state index in [1.165, 1.54) is 12.8 Å². The third-order valence-electron chi connectivity index (χ3n) is 2.66. The molecule has 0 aromatic carbocycles. The van der Waals surface area contributed by atoms with Gasteiger partial charge in [-0.2, -0.15) is 0 Å². The second-order valence-electron chi connectivity index (χ2n) is 4.13. The van der Waals surface area contributed by atoms with Crippen LogP contribution in [0.2, 0.25) is 0 Å². The molecule has 1 heterocycles. The standard InChI is InChI=1S/C9H18BF3N.K/c11-10(12,13)9-14-7-5-3-1-2-4-6-8-14;/h1-9H2;/q-1;+1. The van der Waals surface area contributed by atoms with Crippen LogP contribution in [0.25, 0.3) is 0 Å². The molecule has 0 radical (unpaired) electrons. The molecule has 15 heavy (non-hydrogen) atoms. The Balaban J connectivity index is 0.00000196. The van der Waals surface area contributed by atoms with E-state index in [1.807, 2.05) is 0 Å². The van der Waals surface area contributed by atoms with Gasteiger partial charge in [0.1, 0.15) is 0 Å². The molecule has 1 fully saturated rings. The van der Waals surface area contributed by atoms with E-state index in [0.717, 1.165) is 25.7 Å². The van der Waals surface area contributed by atoms with Crippen LogP contribution < -0.4 is 51.4 Å². The monoisotopic (exact) mass is 247 g/mol. The first kappa shape index (κ1) is 16.5. The van der Waals surface area contributed by atoms with Gasteiger partial charge in [0, 0.05) is 0 Å². The van der Waals surface area contributed by atoms with Gasteiger partial charge in [-0.05, 0) is 32.4 Å². The first-order chi connectivity index (χ1) is 6.58. The van der Waals surface area contributed by atoms with Crippen LogP contribution in [-0.4, -0.2) is 31.4 Å². The summed E-state index contributed by atoms with van der Waals surface area (Å²) in [6.45, 7) is -3.38. The smallest absolute Gasteiger partial charge is 0.448 e. The normalized spacial score (nSPS) is 21.0. The first-order valence-electron chi connectivity index (χ1n) is 5.51. The molecule has 1 aliphatic rings. The molecule has 0 amide bonds. The van der Waals surface area contributed by atoms with Crippen molar-refractivity contribution in [1.82, 2.24) is 4.90 Å². The Morgan fingerprint density at radius 2 is 1.20 bits per heavy atom. The van der Waals surface area contributed by atoms with Crippen LogP contribution in [0.1, 0.15) is 38.5 Å². The molecule has 84 valence electrons. The molecule has 0 unspecified atom stereocenters. The Labute approximate surface area is 133 Å². The van der Waals surface area contributed by atoms with Gasteiger partial charge < -0.3 is 17.8 Å². The maximum atomic E-state index is 12.2. The molecule has 0 aromatic rings. The van der Waals surface area contributed by atoms with Gasteiger partial charge in [0.15, 0.2) is 0 Å². The van der Waals surface area contributed by atoms with Crippen LogP contribution in [0.4, 0.5) is 12.9 Å². The molecule has 0 saturated carbocycles. The second kappa shape index (κ2) is 8.53. The summed E-state index contributed by atoms with van der Waals surface area (Å²) in [5.41, 5.74) is 0. The fourth-order valence-corrected chi connectivity index (χ4v) is 1.97. The molecule has 1 saturated heterocycles. The fourth-order valence-electron chi connectivity index (χ4n) is 1.97. The van der Waals surface area contributed by atoms with Crippen LogP contribution >= 0.6 is 0 Å². The van der Waals surface area contributed by atoms with Gasteiger partial charge >= 0.3 is 58.4 Å². The first-order valence-corrected chi connectivity index (χ1v) is 5.51. The van der Waals surface area contributed by atoms with Gasteiger partial charge in [-0.1, -0.05) is 25.7 Å². The maximum Gasteiger partial charge on any atom is 1.00 e.